The number of halogens is 2. The molecule has 0 fully saturated rings. The third kappa shape index (κ3) is 2.02. The van der Waals surface area contributed by atoms with Gasteiger partial charge in [0.2, 0.25) is 0 Å². The van der Waals surface area contributed by atoms with Gasteiger partial charge in [0.15, 0.2) is 0 Å². The van der Waals surface area contributed by atoms with E-state index in [1.807, 2.05) is 24.5 Å². The average molecular weight is 300 g/mol. The molecule has 16 heavy (non-hydrogen) atoms. The standard InChI is InChI=1S/C12H12BrClN2/c1-2-12-15-6-7-16(12)11-5-3-4-10(14)9(11)8-13/h3-7H,2,8H2,1H3. The van der Waals surface area contributed by atoms with Crippen LogP contribution in [0.5, 0.6) is 0 Å². The quantitative estimate of drug-likeness (QED) is 0.784. The third-order valence-corrected chi connectivity index (χ3v) is 3.44. The van der Waals surface area contributed by atoms with Gasteiger partial charge in [-0.25, -0.2) is 4.98 Å². The molecule has 0 radical (unpaired) electrons. The summed E-state index contributed by atoms with van der Waals surface area (Å²) in [6.07, 6.45) is 4.69. The third-order valence-electron chi connectivity index (χ3n) is 2.52. The molecule has 0 aliphatic carbocycles. The van der Waals surface area contributed by atoms with Crippen molar-refractivity contribution in [3.8, 4) is 5.69 Å². The van der Waals surface area contributed by atoms with Crippen molar-refractivity contribution in [2.75, 3.05) is 0 Å². The average Bonchev–Trinajstić information content (AvgIpc) is 2.76. The first-order valence-electron chi connectivity index (χ1n) is 5.14. The van der Waals surface area contributed by atoms with Crippen molar-refractivity contribution >= 4 is 27.5 Å². The molecule has 0 saturated heterocycles. The van der Waals surface area contributed by atoms with Crippen LogP contribution in [0.1, 0.15) is 18.3 Å². The van der Waals surface area contributed by atoms with Gasteiger partial charge in [0, 0.05) is 34.7 Å². The van der Waals surface area contributed by atoms with Crippen LogP contribution in [-0.4, -0.2) is 9.55 Å². The van der Waals surface area contributed by atoms with E-state index in [1.165, 1.54) is 0 Å². The summed E-state index contributed by atoms with van der Waals surface area (Å²) in [6, 6.07) is 5.93. The Morgan fingerprint density at radius 1 is 1.44 bits per heavy atom. The van der Waals surface area contributed by atoms with Gasteiger partial charge in [0.05, 0.1) is 5.69 Å². The zero-order valence-electron chi connectivity index (χ0n) is 8.95. The van der Waals surface area contributed by atoms with Crippen LogP contribution in [0, 0.1) is 0 Å². The summed E-state index contributed by atoms with van der Waals surface area (Å²) in [5.74, 6) is 1.05. The monoisotopic (exact) mass is 298 g/mol. The maximum atomic E-state index is 6.18. The molecule has 2 nitrogen and oxygen atoms in total. The van der Waals surface area contributed by atoms with E-state index in [1.54, 1.807) is 0 Å². The second-order valence-corrected chi connectivity index (χ2v) is 4.41. The first-order chi connectivity index (χ1) is 7.77. The summed E-state index contributed by atoms with van der Waals surface area (Å²) >= 11 is 9.65. The molecule has 0 spiro atoms. The van der Waals surface area contributed by atoms with Crippen LogP contribution in [0.4, 0.5) is 0 Å². The smallest absolute Gasteiger partial charge is 0.112 e. The van der Waals surface area contributed by atoms with Crippen LogP contribution in [0.15, 0.2) is 30.6 Å². The Morgan fingerprint density at radius 2 is 2.25 bits per heavy atom. The predicted octanol–water partition coefficient (Wildman–Crippen LogP) is 3.98. The summed E-state index contributed by atoms with van der Waals surface area (Å²) < 4.78 is 2.09. The zero-order chi connectivity index (χ0) is 11.5. The van der Waals surface area contributed by atoms with E-state index in [9.17, 15) is 0 Å². The Kier molecular flexibility index (Phi) is 3.66. The number of benzene rings is 1. The predicted molar refractivity (Wildman–Crippen MR) is 70.6 cm³/mol. The van der Waals surface area contributed by atoms with E-state index in [0.29, 0.717) is 0 Å². The highest BCUT2D eigenvalue weighted by atomic mass is 79.9. The summed E-state index contributed by atoms with van der Waals surface area (Å²) in [5.41, 5.74) is 2.19. The van der Waals surface area contributed by atoms with Gasteiger partial charge in [-0.2, -0.15) is 0 Å². The fourth-order valence-corrected chi connectivity index (χ4v) is 2.71. The van der Waals surface area contributed by atoms with Crippen LogP contribution in [0.3, 0.4) is 0 Å². The molecule has 4 heteroatoms. The highest BCUT2D eigenvalue weighted by molar-refractivity contribution is 9.08. The lowest BCUT2D eigenvalue weighted by atomic mass is 10.2. The van der Waals surface area contributed by atoms with Gasteiger partial charge in [0.25, 0.3) is 0 Å². The van der Waals surface area contributed by atoms with Gasteiger partial charge in [-0.3, -0.25) is 0 Å². The lowest BCUT2D eigenvalue weighted by molar-refractivity contribution is 0.885. The number of imidazole rings is 1. The number of hydrogen-bond acceptors (Lipinski definition) is 1. The topological polar surface area (TPSA) is 17.8 Å². The molecule has 1 aromatic heterocycles. The lowest BCUT2D eigenvalue weighted by Gasteiger charge is -2.12. The zero-order valence-corrected chi connectivity index (χ0v) is 11.3. The fraction of sp³-hybridized carbons (Fsp3) is 0.250. The molecule has 0 aliphatic heterocycles. The molecule has 0 N–H and O–H groups in total. The fourth-order valence-electron chi connectivity index (χ4n) is 1.72. The van der Waals surface area contributed by atoms with Crippen molar-refractivity contribution in [3.63, 3.8) is 0 Å². The number of aryl methyl sites for hydroxylation is 1. The molecular formula is C12H12BrClN2. The van der Waals surface area contributed by atoms with Gasteiger partial charge in [-0.05, 0) is 12.1 Å². The van der Waals surface area contributed by atoms with Crippen LogP contribution < -0.4 is 0 Å². The molecule has 2 rings (SSSR count). The molecule has 2 aromatic rings. The maximum absolute atomic E-state index is 6.18. The van der Waals surface area contributed by atoms with Crippen LogP contribution >= 0.6 is 27.5 Å². The summed E-state index contributed by atoms with van der Waals surface area (Å²) in [7, 11) is 0. The number of rotatable bonds is 3. The SMILES string of the molecule is CCc1nccn1-c1cccc(Cl)c1CBr. The summed E-state index contributed by atoms with van der Waals surface area (Å²) in [6.45, 7) is 2.09. The highest BCUT2D eigenvalue weighted by Crippen LogP contribution is 2.26. The van der Waals surface area contributed by atoms with E-state index >= 15 is 0 Å². The second kappa shape index (κ2) is 5.02. The van der Waals surface area contributed by atoms with Gasteiger partial charge in [-0.1, -0.05) is 40.5 Å². The van der Waals surface area contributed by atoms with Crippen molar-refractivity contribution in [1.82, 2.24) is 9.55 Å². The molecule has 0 aliphatic rings. The Balaban J connectivity index is 2.60. The number of alkyl halides is 1. The molecule has 1 aromatic carbocycles. The first-order valence-corrected chi connectivity index (χ1v) is 6.63. The molecule has 1 heterocycles. The lowest BCUT2D eigenvalue weighted by Crippen LogP contribution is -2.02. The van der Waals surface area contributed by atoms with Crippen molar-refractivity contribution in [1.29, 1.82) is 0 Å². The number of hydrogen-bond donors (Lipinski definition) is 0. The minimum absolute atomic E-state index is 0.739. The Bertz CT molecular complexity index is 494. The highest BCUT2D eigenvalue weighted by Gasteiger charge is 2.09. The normalized spacial score (nSPS) is 10.7. The first kappa shape index (κ1) is 11.7. The molecule has 84 valence electrons. The molecule has 0 unspecified atom stereocenters. The van der Waals surface area contributed by atoms with E-state index in [4.69, 9.17) is 11.6 Å². The summed E-state index contributed by atoms with van der Waals surface area (Å²) in [5, 5.41) is 1.52. The minimum atomic E-state index is 0.739. The van der Waals surface area contributed by atoms with Gasteiger partial charge < -0.3 is 4.57 Å². The van der Waals surface area contributed by atoms with Crippen LogP contribution in [0.2, 0.25) is 5.02 Å². The summed E-state index contributed by atoms with van der Waals surface area (Å²) in [4.78, 5) is 4.32. The van der Waals surface area contributed by atoms with E-state index in [-0.39, 0.29) is 0 Å². The number of aromatic nitrogens is 2. The Labute approximate surface area is 108 Å². The molecule has 0 bridgehead atoms. The van der Waals surface area contributed by atoms with Crippen LogP contribution in [0.25, 0.3) is 5.69 Å². The van der Waals surface area contributed by atoms with Crippen molar-refractivity contribution in [3.05, 3.63) is 47.0 Å². The Hall–Kier alpha value is -0.800. The van der Waals surface area contributed by atoms with E-state index in [0.717, 1.165) is 33.8 Å². The number of nitrogens with zero attached hydrogens (tertiary/aromatic N) is 2. The molecule has 0 atom stereocenters. The molecular weight excluding hydrogens is 288 g/mol. The second-order valence-electron chi connectivity index (χ2n) is 3.44. The Morgan fingerprint density at radius 3 is 2.94 bits per heavy atom. The van der Waals surface area contributed by atoms with Crippen molar-refractivity contribution < 1.29 is 0 Å². The minimum Gasteiger partial charge on any atom is -0.303 e. The van der Waals surface area contributed by atoms with Crippen molar-refractivity contribution in [2.24, 2.45) is 0 Å². The van der Waals surface area contributed by atoms with Crippen LogP contribution in [-0.2, 0) is 11.8 Å². The van der Waals surface area contributed by atoms with Gasteiger partial charge >= 0.3 is 0 Å². The van der Waals surface area contributed by atoms with E-state index < -0.39 is 0 Å². The molecule has 0 amide bonds. The van der Waals surface area contributed by atoms with Gasteiger partial charge in [0.1, 0.15) is 5.82 Å². The van der Waals surface area contributed by atoms with Crippen molar-refractivity contribution in [2.45, 2.75) is 18.7 Å². The largest absolute Gasteiger partial charge is 0.303 e. The maximum Gasteiger partial charge on any atom is 0.112 e. The molecule has 0 saturated carbocycles. The van der Waals surface area contributed by atoms with E-state index in [2.05, 4.69) is 38.5 Å². The van der Waals surface area contributed by atoms with Gasteiger partial charge in [-0.15, -0.1) is 0 Å².